The molecule has 0 aromatic heterocycles. The molecule has 2 amide bonds. The predicted octanol–water partition coefficient (Wildman–Crippen LogP) is 1.98. The summed E-state index contributed by atoms with van der Waals surface area (Å²) in [6.07, 6.45) is 0.945. The Morgan fingerprint density at radius 2 is 1.70 bits per heavy atom. The Morgan fingerprint density at radius 1 is 1.04 bits per heavy atom. The zero-order valence-electron chi connectivity index (χ0n) is 15.7. The molecule has 0 unspecified atom stereocenters. The first-order valence-corrected chi connectivity index (χ1v) is 9.14. The Hall–Kier alpha value is -2.77. The molecule has 1 saturated heterocycles. The van der Waals surface area contributed by atoms with Crippen LogP contribution in [0.1, 0.15) is 37.0 Å². The van der Waals surface area contributed by atoms with Crippen LogP contribution in [0.4, 0.5) is 4.79 Å². The van der Waals surface area contributed by atoms with Crippen LogP contribution in [-0.4, -0.2) is 61.8 Å². The number of ether oxygens (including phenoxy) is 3. The zero-order chi connectivity index (χ0) is 19.6. The van der Waals surface area contributed by atoms with E-state index in [4.69, 9.17) is 14.2 Å². The molecule has 0 radical (unpaired) electrons. The molecule has 0 aliphatic carbocycles. The number of likely N-dealkylation sites (tertiary alicyclic amines) is 1. The number of carbonyl (C=O) groups excluding carboxylic acids is 3. The average Bonchev–Trinajstić information content (AvgIpc) is 2.68. The molecule has 0 bridgehead atoms. The van der Waals surface area contributed by atoms with E-state index in [2.05, 4.69) is 5.32 Å². The predicted molar refractivity (Wildman–Crippen MR) is 97.7 cm³/mol. The minimum absolute atomic E-state index is 0.0487. The van der Waals surface area contributed by atoms with Gasteiger partial charge < -0.3 is 24.4 Å². The lowest BCUT2D eigenvalue weighted by molar-refractivity contribution is -0.125. The monoisotopic (exact) mass is 378 g/mol. The summed E-state index contributed by atoms with van der Waals surface area (Å²) in [5, 5.41) is 2.83. The maximum Gasteiger partial charge on any atom is 0.409 e. The first-order chi connectivity index (χ1) is 13.0. The van der Waals surface area contributed by atoms with E-state index in [9.17, 15) is 14.4 Å². The van der Waals surface area contributed by atoms with Crippen molar-refractivity contribution in [3.63, 3.8) is 0 Å². The number of nitrogens with one attached hydrogen (secondary N) is 1. The zero-order valence-corrected chi connectivity index (χ0v) is 15.7. The molecular weight excluding hydrogens is 352 g/mol. The minimum atomic E-state index is -0.565. The van der Waals surface area contributed by atoms with Crippen molar-refractivity contribution in [2.75, 3.05) is 32.9 Å². The van der Waals surface area contributed by atoms with Crippen molar-refractivity contribution in [1.29, 1.82) is 0 Å². The topological polar surface area (TPSA) is 94.2 Å². The number of carbonyl (C=O) groups is 3. The van der Waals surface area contributed by atoms with E-state index in [1.807, 2.05) is 6.92 Å². The molecule has 148 valence electrons. The van der Waals surface area contributed by atoms with Crippen LogP contribution in [0.5, 0.6) is 5.75 Å². The van der Waals surface area contributed by atoms with E-state index in [-0.39, 0.29) is 24.6 Å². The molecule has 8 nitrogen and oxygen atoms in total. The molecule has 8 heteroatoms. The van der Waals surface area contributed by atoms with Gasteiger partial charge in [0.25, 0.3) is 5.91 Å². The van der Waals surface area contributed by atoms with E-state index in [0.717, 1.165) is 0 Å². The van der Waals surface area contributed by atoms with Gasteiger partial charge in [0, 0.05) is 19.1 Å². The summed E-state index contributed by atoms with van der Waals surface area (Å²) in [4.78, 5) is 37.3. The Bertz CT molecular complexity index is 638. The fourth-order valence-corrected chi connectivity index (χ4v) is 2.76. The summed E-state index contributed by atoms with van der Waals surface area (Å²) in [6, 6.07) is 6.49. The van der Waals surface area contributed by atoms with Crippen LogP contribution >= 0.6 is 0 Å². The second-order valence-electron chi connectivity index (χ2n) is 6.06. The van der Waals surface area contributed by atoms with E-state index >= 15 is 0 Å². The summed E-state index contributed by atoms with van der Waals surface area (Å²) in [7, 11) is 0. The Labute approximate surface area is 158 Å². The summed E-state index contributed by atoms with van der Waals surface area (Å²) < 4.78 is 15.3. The number of hydrogen-bond donors (Lipinski definition) is 1. The third-order valence-electron chi connectivity index (χ3n) is 4.12. The number of nitrogens with zero attached hydrogens (tertiary/aromatic N) is 1. The molecule has 1 fully saturated rings. The van der Waals surface area contributed by atoms with Crippen LogP contribution in [0.25, 0.3) is 0 Å². The van der Waals surface area contributed by atoms with Gasteiger partial charge in [0.1, 0.15) is 5.75 Å². The third kappa shape index (κ3) is 6.47. The van der Waals surface area contributed by atoms with Crippen LogP contribution in [0.15, 0.2) is 24.3 Å². The van der Waals surface area contributed by atoms with Gasteiger partial charge >= 0.3 is 12.1 Å². The summed E-state index contributed by atoms with van der Waals surface area (Å²) >= 11 is 0. The van der Waals surface area contributed by atoms with Crippen molar-refractivity contribution in [3.8, 4) is 5.75 Å². The third-order valence-corrected chi connectivity index (χ3v) is 4.12. The first-order valence-electron chi connectivity index (χ1n) is 9.14. The molecule has 1 aliphatic heterocycles. The molecular formula is C19H26N2O6. The maximum atomic E-state index is 12.0. The van der Waals surface area contributed by atoms with E-state index < -0.39 is 5.97 Å². The molecule has 27 heavy (non-hydrogen) atoms. The lowest BCUT2D eigenvalue weighted by Gasteiger charge is -2.31. The Balaban J connectivity index is 1.70. The van der Waals surface area contributed by atoms with Crippen molar-refractivity contribution in [2.45, 2.75) is 32.7 Å². The largest absolute Gasteiger partial charge is 0.494 e. The van der Waals surface area contributed by atoms with Crippen molar-refractivity contribution in [3.05, 3.63) is 29.8 Å². The fourth-order valence-electron chi connectivity index (χ4n) is 2.76. The molecule has 1 aromatic rings. The SMILES string of the molecule is CCOC(=O)N1CCC(NC(=O)COC(=O)c2ccc(OCC)cc2)CC1. The maximum absolute atomic E-state index is 12.0. The van der Waals surface area contributed by atoms with Crippen LogP contribution in [0.2, 0.25) is 0 Å². The molecule has 0 saturated carbocycles. The Morgan fingerprint density at radius 3 is 2.30 bits per heavy atom. The number of benzene rings is 1. The van der Waals surface area contributed by atoms with Gasteiger partial charge in [-0.2, -0.15) is 0 Å². The van der Waals surface area contributed by atoms with E-state index in [0.29, 0.717) is 50.5 Å². The number of piperidine rings is 1. The molecule has 1 aromatic carbocycles. The normalized spacial score (nSPS) is 14.4. The van der Waals surface area contributed by atoms with Gasteiger partial charge in [-0.25, -0.2) is 9.59 Å². The summed E-state index contributed by atoms with van der Waals surface area (Å²) in [6.45, 7) is 5.23. The second kappa shape index (κ2) is 10.4. The van der Waals surface area contributed by atoms with Gasteiger partial charge in [-0.3, -0.25) is 4.79 Å². The van der Waals surface area contributed by atoms with Crippen molar-refractivity contribution >= 4 is 18.0 Å². The fraction of sp³-hybridized carbons (Fsp3) is 0.526. The summed E-state index contributed by atoms with van der Waals surface area (Å²) in [5.74, 6) is -0.254. The standard InChI is InChI=1S/C19H26N2O6/c1-3-25-16-7-5-14(6-8-16)18(23)27-13-17(22)20-15-9-11-21(12-10-15)19(24)26-4-2/h5-8,15H,3-4,9-13H2,1-2H3,(H,20,22). The van der Waals surface area contributed by atoms with E-state index in [1.165, 1.54) is 0 Å². The highest BCUT2D eigenvalue weighted by atomic mass is 16.6. The molecule has 2 rings (SSSR count). The second-order valence-corrected chi connectivity index (χ2v) is 6.06. The van der Waals surface area contributed by atoms with Crippen molar-refractivity contribution < 1.29 is 28.6 Å². The highest BCUT2D eigenvalue weighted by Crippen LogP contribution is 2.13. The van der Waals surface area contributed by atoms with Gasteiger partial charge in [0.15, 0.2) is 6.61 Å². The molecule has 1 N–H and O–H groups in total. The quantitative estimate of drug-likeness (QED) is 0.729. The van der Waals surface area contributed by atoms with Crippen molar-refractivity contribution in [2.24, 2.45) is 0 Å². The number of rotatable bonds is 7. The summed E-state index contributed by atoms with van der Waals surface area (Å²) in [5.41, 5.74) is 0.356. The van der Waals surface area contributed by atoms with Gasteiger partial charge in [-0.05, 0) is 51.0 Å². The first kappa shape index (κ1) is 20.5. The number of amides is 2. The molecule has 1 aliphatic rings. The molecule has 0 atom stereocenters. The molecule has 1 heterocycles. The van der Waals surface area contributed by atoms with Crippen LogP contribution < -0.4 is 10.1 Å². The highest BCUT2D eigenvalue weighted by molar-refractivity contribution is 5.91. The van der Waals surface area contributed by atoms with E-state index in [1.54, 1.807) is 36.1 Å². The van der Waals surface area contributed by atoms with Crippen LogP contribution in [0, 0.1) is 0 Å². The highest BCUT2D eigenvalue weighted by Gasteiger charge is 2.24. The van der Waals surface area contributed by atoms with Crippen LogP contribution in [-0.2, 0) is 14.3 Å². The molecule has 0 spiro atoms. The van der Waals surface area contributed by atoms with Crippen LogP contribution in [0.3, 0.4) is 0 Å². The Kier molecular flexibility index (Phi) is 7.91. The van der Waals surface area contributed by atoms with Gasteiger partial charge in [0.05, 0.1) is 18.8 Å². The lowest BCUT2D eigenvalue weighted by Crippen LogP contribution is -2.47. The van der Waals surface area contributed by atoms with Crippen molar-refractivity contribution in [1.82, 2.24) is 10.2 Å². The van der Waals surface area contributed by atoms with Gasteiger partial charge in [0.2, 0.25) is 0 Å². The average molecular weight is 378 g/mol. The number of hydrogen-bond acceptors (Lipinski definition) is 6. The number of esters is 1. The minimum Gasteiger partial charge on any atom is -0.494 e. The lowest BCUT2D eigenvalue weighted by atomic mass is 10.1. The van der Waals surface area contributed by atoms with Gasteiger partial charge in [-0.15, -0.1) is 0 Å². The smallest absolute Gasteiger partial charge is 0.409 e. The van der Waals surface area contributed by atoms with Gasteiger partial charge in [-0.1, -0.05) is 0 Å².